The molecule has 27 heavy (non-hydrogen) atoms. The van der Waals surface area contributed by atoms with Crippen LogP contribution >= 0.6 is 11.8 Å². The van der Waals surface area contributed by atoms with Gasteiger partial charge in [0.1, 0.15) is 0 Å². The van der Waals surface area contributed by atoms with Crippen LogP contribution in [0.5, 0.6) is 0 Å². The molecule has 1 saturated heterocycles. The van der Waals surface area contributed by atoms with Crippen molar-refractivity contribution in [2.45, 2.75) is 10.9 Å². The molecule has 0 aliphatic carbocycles. The van der Waals surface area contributed by atoms with Crippen LogP contribution in [0.15, 0.2) is 83.8 Å². The summed E-state index contributed by atoms with van der Waals surface area (Å²) in [5, 5.41) is 3.48. The first-order valence-electron chi connectivity index (χ1n) is 9.59. The first kappa shape index (κ1) is 18.3. The molecule has 3 heteroatoms. The fraction of sp³-hybridized carbons (Fsp3) is 0.250. The number of benzene rings is 3. The van der Waals surface area contributed by atoms with E-state index in [1.165, 1.54) is 27.1 Å². The molecule has 1 aliphatic heterocycles. The predicted molar refractivity (Wildman–Crippen MR) is 116 cm³/mol. The van der Waals surface area contributed by atoms with E-state index in [-0.39, 0.29) is 0 Å². The Morgan fingerprint density at radius 1 is 0.741 bits per heavy atom. The van der Waals surface area contributed by atoms with Gasteiger partial charge in [0, 0.05) is 31.1 Å². The summed E-state index contributed by atoms with van der Waals surface area (Å²) < 4.78 is 0. The first-order valence-corrected chi connectivity index (χ1v) is 10.8. The first-order chi connectivity index (χ1) is 13.3. The summed E-state index contributed by atoms with van der Waals surface area (Å²) in [5.41, 5.74) is 5.29. The molecule has 0 amide bonds. The summed E-state index contributed by atoms with van der Waals surface area (Å²) in [4.78, 5) is 3.92. The normalized spacial score (nSPS) is 16.2. The third kappa shape index (κ3) is 4.27. The SMILES string of the molecule is CSc1ccc(C(c2ccc(-c3ccccc3)cc2)N2CCNCC2)cc1. The summed E-state index contributed by atoms with van der Waals surface area (Å²) in [6.07, 6.45) is 2.13. The number of thioether (sulfide) groups is 1. The van der Waals surface area contributed by atoms with E-state index in [9.17, 15) is 0 Å². The van der Waals surface area contributed by atoms with Crippen LogP contribution in [0, 0.1) is 0 Å². The van der Waals surface area contributed by atoms with Gasteiger partial charge in [-0.2, -0.15) is 0 Å². The molecule has 1 fully saturated rings. The standard InChI is InChI=1S/C24H26N2S/c1-27-23-13-11-22(12-14-23)24(26-17-15-25-16-18-26)21-9-7-20(8-10-21)19-5-3-2-4-6-19/h2-14,24-25H,15-18H2,1H3. The van der Waals surface area contributed by atoms with Crippen LogP contribution in [-0.2, 0) is 0 Å². The number of hydrogen-bond donors (Lipinski definition) is 1. The largest absolute Gasteiger partial charge is 0.314 e. The number of hydrogen-bond acceptors (Lipinski definition) is 3. The van der Waals surface area contributed by atoms with E-state index in [1.54, 1.807) is 11.8 Å². The van der Waals surface area contributed by atoms with Crippen molar-refractivity contribution in [3.05, 3.63) is 90.0 Å². The number of rotatable bonds is 5. The molecule has 3 aromatic rings. The van der Waals surface area contributed by atoms with Crippen LogP contribution in [0.4, 0.5) is 0 Å². The minimum Gasteiger partial charge on any atom is -0.314 e. The van der Waals surface area contributed by atoms with E-state index in [4.69, 9.17) is 0 Å². The van der Waals surface area contributed by atoms with Crippen molar-refractivity contribution in [3.63, 3.8) is 0 Å². The van der Waals surface area contributed by atoms with Crippen LogP contribution in [0.3, 0.4) is 0 Å². The maximum Gasteiger partial charge on any atom is 0.0602 e. The van der Waals surface area contributed by atoms with Crippen LogP contribution in [-0.4, -0.2) is 37.3 Å². The molecule has 0 aromatic heterocycles. The average Bonchev–Trinajstić information content (AvgIpc) is 2.76. The molecular weight excluding hydrogens is 348 g/mol. The van der Waals surface area contributed by atoms with Crippen molar-refractivity contribution in [2.75, 3.05) is 32.4 Å². The predicted octanol–water partition coefficient (Wildman–Crippen LogP) is 5.07. The Labute approximate surface area is 166 Å². The van der Waals surface area contributed by atoms with Gasteiger partial charge in [0.05, 0.1) is 6.04 Å². The van der Waals surface area contributed by atoms with Crippen molar-refractivity contribution in [3.8, 4) is 11.1 Å². The van der Waals surface area contributed by atoms with Gasteiger partial charge in [0.15, 0.2) is 0 Å². The zero-order valence-corrected chi connectivity index (χ0v) is 16.6. The molecule has 0 saturated carbocycles. The Morgan fingerprint density at radius 3 is 1.89 bits per heavy atom. The number of piperazine rings is 1. The average molecular weight is 375 g/mol. The van der Waals surface area contributed by atoms with Crippen molar-refractivity contribution < 1.29 is 0 Å². The number of nitrogens with zero attached hydrogens (tertiary/aromatic N) is 1. The summed E-state index contributed by atoms with van der Waals surface area (Å²) in [6, 6.07) is 29.1. The maximum atomic E-state index is 3.48. The Hall–Kier alpha value is -2.07. The fourth-order valence-corrected chi connectivity index (χ4v) is 4.24. The Kier molecular flexibility index (Phi) is 5.93. The van der Waals surface area contributed by atoms with E-state index in [0.29, 0.717) is 6.04 Å². The van der Waals surface area contributed by atoms with Crippen molar-refractivity contribution in [1.82, 2.24) is 10.2 Å². The lowest BCUT2D eigenvalue weighted by Crippen LogP contribution is -2.45. The molecular formula is C24H26N2S. The second-order valence-electron chi connectivity index (χ2n) is 6.95. The third-order valence-electron chi connectivity index (χ3n) is 5.28. The van der Waals surface area contributed by atoms with Crippen LogP contribution in [0.25, 0.3) is 11.1 Å². The number of nitrogens with one attached hydrogen (secondary N) is 1. The van der Waals surface area contributed by atoms with Gasteiger partial charge >= 0.3 is 0 Å². The van der Waals surface area contributed by atoms with Gasteiger partial charge < -0.3 is 5.32 Å². The molecule has 138 valence electrons. The summed E-state index contributed by atoms with van der Waals surface area (Å²) in [6.45, 7) is 4.27. The third-order valence-corrected chi connectivity index (χ3v) is 6.03. The highest BCUT2D eigenvalue weighted by Gasteiger charge is 2.23. The summed E-state index contributed by atoms with van der Waals surface area (Å²) in [5.74, 6) is 0. The molecule has 1 N–H and O–H groups in total. The van der Waals surface area contributed by atoms with Gasteiger partial charge in [0.25, 0.3) is 0 Å². The molecule has 0 spiro atoms. The lowest BCUT2D eigenvalue weighted by atomic mass is 9.94. The second-order valence-corrected chi connectivity index (χ2v) is 7.83. The van der Waals surface area contributed by atoms with Crippen LogP contribution in [0.2, 0.25) is 0 Å². The van der Waals surface area contributed by atoms with E-state index < -0.39 is 0 Å². The molecule has 2 nitrogen and oxygen atoms in total. The monoisotopic (exact) mass is 374 g/mol. The Morgan fingerprint density at radius 2 is 1.30 bits per heavy atom. The Bertz CT molecular complexity index is 838. The highest BCUT2D eigenvalue weighted by molar-refractivity contribution is 7.98. The topological polar surface area (TPSA) is 15.3 Å². The molecule has 1 atom stereocenters. The van der Waals surface area contributed by atoms with Crippen molar-refractivity contribution in [2.24, 2.45) is 0 Å². The van der Waals surface area contributed by atoms with Crippen molar-refractivity contribution >= 4 is 11.8 Å². The molecule has 4 rings (SSSR count). The van der Waals surface area contributed by atoms with Gasteiger partial charge in [-0.05, 0) is 40.6 Å². The Balaban J connectivity index is 1.67. The molecule has 1 unspecified atom stereocenters. The molecule has 0 bridgehead atoms. The molecule has 3 aromatic carbocycles. The summed E-state index contributed by atoms with van der Waals surface area (Å²) in [7, 11) is 0. The van der Waals surface area contributed by atoms with Gasteiger partial charge in [-0.25, -0.2) is 0 Å². The smallest absolute Gasteiger partial charge is 0.0602 e. The quantitative estimate of drug-likeness (QED) is 0.628. The fourth-order valence-electron chi connectivity index (χ4n) is 3.83. The van der Waals surface area contributed by atoms with Crippen molar-refractivity contribution in [1.29, 1.82) is 0 Å². The summed E-state index contributed by atoms with van der Waals surface area (Å²) >= 11 is 1.80. The lowest BCUT2D eigenvalue weighted by molar-refractivity contribution is 0.198. The minimum absolute atomic E-state index is 0.313. The minimum atomic E-state index is 0.313. The van der Waals surface area contributed by atoms with E-state index >= 15 is 0 Å². The van der Waals surface area contributed by atoms with Gasteiger partial charge in [-0.15, -0.1) is 11.8 Å². The van der Waals surface area contributed by atoms with E-state index in [2.05, 4.69) is 95.3 Å². The molecule has 0 radical (unpaired) electrons. The van der Waals surface area contributed by atoms with Gasteiger partial charge in [0.2, 0.25) is 0 Å². The van der Waals surface area contributed by atoms with E-state index in [1.807, 2.05) is 0 Å². The highest BCUT2D eigenvalue weighted by atomic mass is 32.2. The van der Waals surface area contributed by atoms with Crippen LogP contribution in [0.1, 0.15) is 17.2 Å². The van der Waals surface area contributed by atoms with E-state index in [0.717, 1.165) is 26.2 Å². The lowest BCUT2D eigenvalue weighted by Gasteiger charge is -2.35. The van der Waals surface area contributed by atoms with Crippen LogP contribution < -0.4 is 5.32 Å². The second kappa shape index (κ2) is 8.75. The molecule has 1 aliphatic rings. The molecule has 1 heterocycles. The zero-order valence-electron chi connectivity index (χ0n) is 15.8. The highest BCUT2D eigenvalue weighted by Crippen LogP contribution is 2.31. The maximum absolute atomic E-state index is 3.48. The van der Waals surface area contributed by atoms with Gasteiger partial charge in [-0.3, -0.25) is 4.90 Å². The van der Waals surface area contributed by atoms with Gasteiger partial charge in [-0.1, -0.05) is 66.7 Å². The zero-order chi connectivity index (χ0) is 18.5.